The first-order chi connectivity index (χ1) is 25.1. The highest BCUT2D eigenvalue weighted by atomic mass is 16.3. The zero-order chi connectivity index (χ0) is 36.9. The number of anilines is 1. The molecule has 2 aromatic carbocycles. The van der Waals surface area contributed by atoms with Gasteiger partial charge in [-0.05, 0) is 69.3 Å². The minimum Gasteiger partial charge on any atom is -0.493 e. The van der Waals surface area contributed by atoms with Crippen LogP contribution in [-0.4, -0.2) is 25.3 Å². The van der Waals surface area contributed by atoms with Crippen LogP contribution >= 0.6 is 0 Å². The van der Waals surface area contributed by atoms with Crippen LogP contribution in [-0.2, 0) is 13.6 Å². The Bertz CT molecular complexity index is 2460. The molecular formula is C38H35N9O5+2. The molecule has 4 heterocycles. The molecule has 0 aliphatic heterocycles. The third-order valence-corrected chi connectivity index (χ3v) is 8.42. The van der Waals surface area contributed by atoms with E-state index in [0.717, 1.165) is 4.57 Å². The number of azo groups is 2. The van der Waals surface area contributed by atoms with Crippen molar-refractivity contribution in [1.29, 1.82) is 0 Å². The van der Waals surface area contributed by atoms with Crippen LogP contribution in [0.15, 0.2) is 140 Å². The van der Waals surface area contributed by atoms with Crippen LogP contribution in [0, 0.1) is 13.8 Å². The van der Waals surface area contributed by atoms with Crippen LogP contribution in [0.2, 0.25) is 0 Å². The summed E-state index contributed by atoms with van der Waals surface area (Å²) in [6, 6.07) is 24.0. The number of nitrogens with one attached hydrogen (secondary N) is 1. The molecule has 0 spiro atoms. The number of hydrogen-bond acceptors (Lipinski definition) is 9. The number of rotatable bonds is 9. The number of carbonyl (C=O) groups is 1. The van der Waals surface area contributed by atoms with Crippen molar-refractivity contribution in [2.24, 2.45) is 27.5 Å². The predicted octanol–water partition coefficient (Wildman–Crippen LogP) is 6.23. The SMILES string of the molecule is CCn1c(O)c(N=Nc2ccc(NC(=O)c3ccc(N=Nc4c(C)c(-[n+]5ccccc5)c(=O)n(C)c4O)cc3)cc2)c(C)c(-[n+]2ccccc2)c1=O. The number of hydrogen-bond donors (Lipinski definition) is 3. The van der Waals surface area contributed by atoms with Crippen LogP contribution in [0.1, 0.15) is 28.4 Å². The van der Waals surface area contributed by atoms with Gasteiger partial charge >= 0.3 is 11.1 Å². The van der Waals surface area contributed by atoms with Gasteiger partial charge in [0.05, 0.1) is 22.5 Å². The van der Waals surface area contributed by atoms with Gasteiger partial charge in [-0.25, -0.2) is 0 Å². The Morgan fingerprint density at radius 2 is 1.13 bits per heavy atom. The van der Waals surface area contributed by atoms with Crippen molar-refractivity contribution in [2.45, 2.75) is 27.3 Å². The lowest BCUT2D eigenvalue weighted by Crippen LogP contribution is -2.40. The fourth-order valence-electron chi connectivity index (χ4n) is 5.59. The highest BCUT2D eigenvalue weighted by molar-refractivity contribution is 6.04. The maximum absolute atomic E-state index is 13.1. The van der Waals surface area contributed by atoms with Crippen molar-refractivity contribution in [2.75, 3.05) is 5.32 Å². The van der Waals surface area contributed by atoms with Crippen LogP contribution in [0.5, 0.6) is 11.8 Å². The molecule has 4 aromatic heterocycles. The Balaban J connectivity index is 1.16. The maximum Gasteiger partial charge on any atom is 0.326 e. The largest absolute Gasteiger partial charge is 0.493 e. The second-order valence-electron chi connectivity index (χ2n) is 11.7. The highest BCUT2D eigenvalue weighted by Crippen LogP contribution is 2.33. The van der Waals surface area contributed by atoms with E-state index in [1.807, 2.05) is 12.1 Å². The van der Waals surface area contributed by atoms with Crippen LogP contribution in [0.25, 0.3) is 11.4 Å². The Morgan fingerprint density at radius 1 is 0.673 bits per heavy atom. The van der Waals surface area contributed by atoms with E-state index in [2.05, 4.69) is 25.8 Å². The summed E-state index contributed by atoms with van der Waals surface area (Å²) in [6.45, 7) is 5.40. The average molecular weight is 698 g/mol. The summed E-state index contributed by atoms with van der Waals surface area (Å²) < 4.78 is 5.69. The molecule has 1 amide bonds. The van der Waals surface area contributed by atoms with Gasteiger partial charge in [-0.15, -0.1) is 10.2 Å². The number of carbonyl (C=O) groups excluding carboxylic acids is 1. The Hall–Kier alpha value is -7.09. The molecule has 0 unspecified atom stereocenters. The number of aromatic nitrogens is 4. The summed E-state index contributed by atoms with van der Waals surface area (Å²) in [7, 11) is 1.46. The lowest BCUT2D eigenvalue weighted by atomic mass is 10.2. The van der Waals surface area contributed by atoms with Crippen molar-refractivity contribution in [3.8, 4) is 23.1 Å². The van der Waals surface area contributed by atoms with Crippen molar-refractivity contribution in [3.05, 3.63) is 147 Å². The molecule has 14 heteroatoms. The predicted molar refractivity (Wildman–Crippen MR) is 193 cm³/mol. The normalized spacial score (nSPS) is 11.4. The highest BCUT2D eigenvalue weighted by Gasteiger charge is 2.26. The molecule has 14 nitrogen and oxygen atoms in total. The van der Waals surface area contributed by atoms with Gasteiger partial charge in [-0.2, -0.15) is 19.4 Å². The fraction of sp³-hybridized carbons (Fsp3) is 0.132. The summed E-state index contributed by atoms with van der Waals surface area (Å²) in [5, 5.41) is 41.4. The first kappa shape index (κ1) is 34.8. The van der Waals surface area contributed by atoms with E-state index >= 15 is 0 Å². The van der Waals surface area contributed by atoms with E-state index in [1.54, 1.807) is 127 Å². The molecule has 0 saturated carbocycles. The Kier molecular flexibility index (Phi) is 9.89. The van der Waals surface area contributed by atoms with E-state index in [4.69, 9.17) is 0 Å². The van der Waals surface area contributed by atoms with Gasteiger partial charge in [-0.3, -0.25) is 23.5 Å². The quantitative estimate of drug-likeness (QED) is 0.120. The molecule has 0 fully saturated rings. The second kappa shape index (κ2) is 14.8. The van der Waals surface area contributed by atoms with Crippen LogP contribution < -0.4 is 25.6 Å². The van der Waals surface area contributed by atoms with E-state index in [-0.39, 0.29) is 46.7 Å². The Morgan fingerprint density at radius 3 is 1.63 bits per heavy atom. The number of nitrogens with zero attached hydrogens (tertiary/aromatic N) is 8. The zero-order valence-corrected chi connectivity index (χ0v) is 28.8. The summed E-state index contributed by atoms with van der Waals surface area (Å²) in [6.07, 6.45) is 6.97. The smallest absolute Gasteiger partial charge is 0.326 e. The molecule has 0 atom stereocenters. The van der Waals surface area contributed by atoms with Crippen LogP contribution in [0.4, 0.5) is 28.4 Å². The standard InChI is InChI=1S/C38H33N9O5/c1-5-47-36(50)31(25(3)33(38(47)52)46-22-10-7-11-23-46)43-41-29-18-16-27(17-19-29)39-34(48)26-12-14-28(15-13-26)40-42-30-24(2)32(37(51)44(4)35(30)49)45-20-8-6-9-21-45/h6-23H,5H2,1-4H3,(H-2,39,40,41,42,43,48,49,50,51,52)/p+2. The molecule has 3 N–H and O–H groups in total. The van der Waals surface area contributed by atoms with Crippen molar-refractivity contribution >= 4 is 34.3 Å². The first-order valence-corrected chi connectivity index (χ1v) is 16.3. The van der Waals surface area contributed by atoms with Gasteiger partial charge in [0.25, 0.3) is 17.3 Å². The zero-order valence-electron chi connectivity index (χ0n) is 28.8. The van der Waals surface area contributed by atoms with Gasteiger partial charge in [-0.1, -0.05) is 12.1 Å². The maximum atomic E-state index is 13.1. The van der Waals surface area contributed by atoms with Gasteiger partial charge in [0, 0.05) is 49.1 Å². The Labute approximate surface area is 297 Å². The third kappa shape index (κ3) is 6.85. The second-order valence-corrected chi connectivity index (χ2v) is 11.7. The van der Waals surface area contributed by atoms with Crippen LogP contribution in [0.3, 0.4) is 0 Å². The monoisotopic (exact) mass is 697 g/mol. The molecular weight excluding hydrogens is 662 g/mol. The molecule has 52 heavy (non-hydrogen) atoms. The molecule has 0 aliphatic rings. The molecule has 6 aromatic rings. The third-order valence-electron chi connectivity index (χ3n) is 8.42. The minimum atomic E-state index is -0.386. The number of aromatic hydroxyl groups is 2. The van der Waals surface area contributed by atoms with Gasteiger partial charge < -0.3 is 15.5 Å². The van der Waals surface area contributed by atoms with Gasteiger partial charge in [0.2, 0.25) is 11.8 Å². The summed E-state index contributed by atoms with van der Waals surface area (Å²) in [5.41, 5.74) is 2.98. The first-order valence-electron chi connectivity index (χ1n) is 16.3. The number of pyridine rings is 4. The fourth-order valence-corrected chi connectivity index (χ4v) is 5.59. The summed E-state index contributed by atoms with van der Waals surface area (Å²) in [5.74, 6) is -0.952. The van der Waals surface area contributed by atoms with E-state index < -0.39 is 0 Å². The molecule has 0 bridgehead atoms. The van der Waals surface area contributed by atoms with Crippen molar-refractivity contribution in [1.82, 2.24) is 9.13 Å². The molecule has 260 valence electrons. The van der Waals surface area contributed by atoms with Crippen molar-refractivity contribution in [3.63, 3.8) is 0 Å². The minimum absolute atomic E-state index is 0.145. The van der Waals surface area contributed by atoms with Crippen molar-refractivity contribution < 1.29 is 24.1 Å². The van der Waals surface area contributed by atoms with E-state index in [0.29, 0.717) is 45.1 Å². The lowest BCUT2D eigenvalue weighted by Gasteiger charge is -2.11. The van der Waals surface area contributed by atoms with Gasteiger partial charge in [0.1, 0.15) is 0 Å². The molecule has 0 radical (unpaired) electrons. The summed E-state index contributed by atoms with van der Waals surface area (Å²) in [4.78, 5) is 39.1. The number of amides is 1. The topological polar surface area (TPSA) is 171 Å². The van der Waals surface area contributed by atoms with E-state index in [9.17, 15) is 24.6 Å². The average Bonchev–Trinajstić information content (AvgIpc) is 3.16. The molecule has 0 aliphatic carbocycles. The molecule has 0 saturated heterocycles. The summed E-state index contributed by atoms with van der Waals surface area (Å²) >= 11 is 0. The van der Waals surface area contributed by atoms with E-state index in [1.165, 1.54) is 11.6 Å². The molecule has 6 rings (SSSR count). The lowest BCUT2D eigenvalue weighted by molar-refractivity contribution is -0.597. The number of benzene rings is 2. The van der Waals surface area contributed by atoms with Gasteiger partial charge in [0.15, 0.2) is 36.2 Å².